The highest BCUT2D eigenvalue weighted by Crippen LogP contribution is 2.14. The molecule has 1 unspecified atom stereocenters. The third-order valence-corrected chi connectivity index (χ3v) is 3.38. The monoisotopic (exact) mass is 280 g/mol. The maximum absolute atomic E-state index is 12.4. The molecule has 2 aromatic heterocycles. The number of fused-ring (bicyclic) bond motifs is 1. The molecular weight excluding hydrogens is 264 g/mol. The Labute approximate surface area is 122 Å². The number of benzene rings is 1. The van der Waals surface area contributed by atoms with Crippen LogP contribution >= 0.6 is 0 Å². The number of aryl methyl sites for hydroxylation is 1. The summed E-state index contributed by atoms with van der Waals surface area (Å²) in [7, 11) is 0. The van der Waals surface area contributed by atoms with E-state index in [9.17, 15) is 4.79 Å². The number of nitrogens with zero attached hydrogens (tertiary/aromatic N) is 3. The molecule has 5 heteroatoms. The first-order valence-electron chi connectivity index (χ1n) is 6.81. The van der Waals surface area contributed by atoms with E-state index in [1.54, 1.807) is 16.9 Å². The topological polar surface area (TPSA) is 59.3 Å². The average Bonchev–Trinajstić information content (AvgIpc) is 2.91. The van der Waals surface area contributed by atoms with Gasteiger partial charge in [-0.15, -0.1) is 0 Å². The van der Waals surface area contributed by atoms with Crippen molar-refractivity contribution in [3.63, 3.8) is 0 Å². The molecule has 0 spiro atoms. The first-order chi connectivity index (χ1) is 10.1. The molecule has 2 heterocycles. The summed E-state index contributed by atoms with van der Waals surface area (Å²) in [4.78, 5) is 16.7. The van der Waals surface area contributed by atoms with Crippen LogP contribution in [-0.2, 0) is 0 Å². The molecule has 0 radical (unpaired) electrons. The molecule has 1 atom stereocenters. The molecule has 0 bridgehead atoms. The Balaban J connectivity index is 1.84. The Morgan fingerprint density at radius 2 is 2.00 bits per heavy atom. The number of carbonyl (C=O) groups excluding carboxylic acids is 1. The molecule has 5 nitrogen and oxygen atoms in total. The summed E-state index contributed by atoms with van der Waals surface area (Å²) < 4.78 is 1.62. The predicted molar refractivity (Wildman–Crippen MR) is 80.0 cm³/mol. The molecule has 0 fully saturated rings. The summed E-state index contributed by atoms with van der Waals surface area (Å²) in [6.07, 6.45) is 5.13. The van der Waals surface area contributed by atoms with Crippen LogP contribution in [0.3, 0.4) is 0 Å². The molecule has 1 aromatic carbocycles. The Hall–Kier alpha value is -2.69. The van der Waals surface area contributed by atoms with Crippen molar-refractivity contribution in [2.45, 2.75) is 19.9 Å². The molecular formula is C16H16N4O. The minimum Gasteiger partial charge on any atom is -0.345 e. The van der Waals surface area contributed by atoms with Crippen LogP contribution in [0.25, 0.3) is 5.65 Å². The van der Waals surface area contributed by atoms with Crippen LogP contribution in [0.2, 0.25) is 0 Å². The van der Waals surface area contributed by atoms with E-state index in [1.165, 1.54) is 0 Å². The predicted octanol–water partition coefficient (Wildman–Crippen LogP) is 2.53. The Bertz CT molecular complexity index is 779. The minimum atomic E-state index is -0.169. The fourth-order valence-electron chi connectivity index (χ4n) is 2.23. The lowest BCUT2D eigenvalue weighted by Crippen LogP contribution is -2.26. The van der Waals surface area contributed by atoms with Gasteiger partial charge in [0, 0.05) is 12.4 Å². The number of hydrogen-bond acceptors (Lipinski definition) is 3. The molecule has 21 heavy (non-hydrogen) atoms. The summed E-state index contributed by atoms with van der Waals surface area (Å²) in [6, 6.07) is 9.77. The smallest absolute Gasteiger partial charge is 0.257 e. The molecule has 1 N–H and O–H groups in total. The summed E-state index contributed by atoms with van der Waals surface area (Å²) in [6.45, 7) is 3.89. The molecule has 3 aromatic rings. The van der Waals surface area contributed by atoms with Crippen molar-refractivity contribution < 1.29 is 4.79 Å². The lowest BCUT2D eigenvalue weighted by atomic mass is 10.1. The van der Waals surface area contributed by atoms with Gasteiger partial charge in [-0.3, -0.25) is 4.79 Å². The van der Waals surface area contributed by atoms with Gasteiger partial charge in [-0.1, -0.05) is 30.3 Å². The molecule has 0 saturated heterocycles. The molecule has 106 valence electrons. The van der Waals surface area contributed by atoms with Gasteiger partial charge in [0.1, 0.15) is 5.56 Å². The van der Waals surface area contributed by atoms with Gasteiger partial charge in [0.15, 0.2) is 5.65 Å². The Kier molecular flexibility index (Phi) is 3.39. The van der Waals surface area contributed by atoms with Gasteiger partial charge in [-0.2, -0.15) is 5.10 Å². The van der Waals surface area contributed by atoms with Crippen molar-refractivity contribution in [1.82, 2.24) is 19.9 Å². The molecule has 0 saturated carbocycles. The molecule has 0 aliphatic carbocycles. The highest BCUT2D eigenvalue weighted by molar-refractivity contribution is 5.99. The van der Waals surface area contributed by atoms with Crippen molar-refractivity contribution in [2.24, 2.45) is 0 Å². The van der Waals surface area contributed by atoms with Gasteiger partial charge in [-0.25, -0.2) is 9.50 Å². The van der Waals surface area contributed by atoms with Crippen molar-refractivity contribution in [2.75, 3.05) is 0 Å². The van der Waals surface area contributed by atoms with E-state index in [4.69, 9.17) is 0 Å². The quantitative estimate of drug-likeness (QED) is 0.802. The molecule has 3 rings (SSSR count). The number of amides is 1. The minimum absolute atomic E-state index is 0.0703. The maximum Gasteiger partial charge on any atom is 0.257 e. The lowest BCUT2D eigenvalue weighted by molar-refractivity contribution is 0.0941. The fourth-order valence-corrected chi connectivity index (χ4v) is 2.23. The van der Waals surface area contributed by atoms with Crippen LogP contribution in [0, 0.1) is 6.92 Å². The van der Waals surface area contributed by atoms with Gasteiger partial charge < -0.3 is 5.32 Å². The zero-order chi connectivity index (χ0) is 14.8. The van der Waals surface area contributed by atoms with Gasteiger partial charge in [0.2, 0.25) is 0 Å². The van der Waals surface area contributed by atoms with E-state index in [0.29, 0.717) is 11.2 Å². The molecule has 0 aliphatic heterocycles. The normalized spacial score (nSPS) is 12.3. The zero-order valence-electron chi connectivity index (χ0n) is 11.9. The average molecular weight is 280 g/mol. The summed E-state index contributed by atoms with van der Waals surface area (Å²) in [5.74, 6) is -0.169. The third-order valence-electron chi connectivity index (χ3n) is 3.38. The summed E-state index contributed by atoms with van der Waals surface area (Å²) in [5, 5.41) is 7.15. The zero-order valence-corrected chi connectivity index (χ0v) is 11.9. The highest BCUT2D eigenvalue weighted by Gasteiger charge is 2.16. The molecule has 0 aliphatic rings. The van der Waals surface area contributed by atoms with Crippen LogP contribution in [0.1, 0.15) is 34.5 Å². The summed E-state index contributed by atoms with van der Waals surface area (Å²) in [5.41, 5.74) is 3.11. The second kappa shape index (κ2) is 5.36. The van der Waals surface area contributed by atoms with Crippen LogP contribution in [0.4, 0.5) is 0 Å². The van der Waals surface area contributed by atoms with Gasteiger partial charge in [-0.05, 0) is 25.0 Å². The number of aromatic nitrogens is 3. The van der Waals surface area contributed by atoms with Crippen LogP contribution < -0.4 is 5.32 Å². The SMILES string of the molecule is Cc1cnc2c(C(=O)NC(C)c3ccccc3)cnn2c1. The Morgan fingerprint density at radius 3 is 2.76 bits per heavy atom. The fraction of sp³-hybridized carbons (Fsp3) is 0.188. The maximum atomic E-state index is 12.4. The van der Waals surface area contributed by atoms with Crippen molar-refractivity contribution in [3.8, 4) is 0 Å². The first kappa shape index (κ1) is 13.3. The molecule has 1 amide bonds. The van der Waals surface area contributed by atoms with Gasteiger partial charge >= 0.3 is 0 Å². The summed E-state index contributed by atoms with van der Waals surface area (Å²) >= 11 is 0. The van der Waals surface area contributed by atoms with Gasteiger partial charge in [0.05, 0.1) is 12.2 Å². The first-order valence-corrected chi connectivity index (χ1v) is 6.81. The second-order valence-corrected chi connectivity index (χ2v) is 5.06. The third kappa shape index (κ3) is 2.63. The number of hydrogen-bond donors (Lipinski definition) is 1. The van der Waals surface area contributed by atoms with E-state index >= 15 is 0 Å². The highest BCUT2D eigenvalue weighted by atomic mass is 16.1. The van der Waals surface area contributed by atoms with Crippen LogP contribution in [-0.4, -0.2) is 20.5 Å². The number of rotatable bonds is 3. The van der Waals surface area contributed by atoms with Crippen molar-refractivity contribution >= 4 is 11.6 Å². The van der Waals surface area contributed by atoms with E-state index < -0.39 is 0 Å². The Morgan fingerprint density at radius 1 is 1.24 bits per heavy atom. The van der Waals surface area contributed by atoms with Crippen molar-refractivity contribution in [1.29, 1.82) is 0 Å². The second-order valence-electron chi connectivity index (χ2n) is 5.06. The largest absolute Gasteiger partial charge is 0.345 e. The van der Waals surface area contributed by atoms with Crippen LogP contribution in [0.5, 0.6) is 0 Å². The van der Waals surface area contributed by atoms with Crippen LogP contribution in [0.15, 0.2) is 48.9 Å². The van der Waals surface area contributed by atoms with Gasteiger partial charge in [0.25, 0.3) is 5.91 Å². The number of nitrogens with one attached hydrogen (secondary N) is 1. The lowest BCUT2D eigenvalue weighted by Gasteiger charge is -2.13. The van der Waals surface area contributed by atoms with E-state index in [2.05, 4.69) is 15.4 Å². The standard InChI is InChI=1S/C16H16N4O/c1-11-8-17-15-14(9-18-20(15)10-11)16(21)19-12(2)13-6-4-3-5-7-13/h3-10,12H,1-2H3,(H,19,21). The van der Waals surface area contributed by atoms with E-state index in [-0.39, 0.29) is 11.9 Å². The van der Waals surface area contributed by atoms with Crippen molar-refractivity contribution in [3.05, 3.63) is 65.6 Å². The van der Waals surface area contributed by atoms with E-state index in [0.717, 1.165) is 11.1 Å². The van der Waals surface area contributed by atoms with E-state index in [1.807, 2.05) is 50.4 Å². The number of carbonyl (C=O) groups is 1.